The molecule has 0 saturated carbocycles. The van der Waals surface area contributed by atoms with Gasteiger partial charge in [-0.25, -0.2) is 4.79 Å². The fraction of sp³-hybridized carbons (Fsp3) is 0.353. The second-order valence-electron chi connectivity index (χ2n) is 5.22. The van der Waals surface area contributed by atoms with Crippen LogP contribution in [-0.2, 0) is 6.54 Å². The minimum absolute atomic E-state index is 0.0326. The molecule has 0 fully saturated rings. The quantitative estimate of drug-likeness (QED) is 0.812. The molecular formula is C17H21ClN2OS. The third-order valence-electron chi connectivity index (χ3n) is 3.57. The Kier molecular flexibility index (Phi) is 6.28. The van der Waals surface area contributed by atoms with Crippen molar-refractivity contribution in [2.24, 2.45) is 0 Å². The molecule has 0 spiro atoms. The highest BCUT2D eigenvalue weighted by Gasteiger charge is 2.14. The normalized spacial score (nSPS) is 12.0. The highest BCUT2D eigenvalue weighted by Crippen LogP contribution is 2.22. The molecule has 1 atom stereocenters. The van der Waals surface area contributed by atoms with Gasteiger partial charge in [0.1, 0.15) is 0 Å². The Morgan fingerprint density at radius 3 is 2.59 bits per heavy atom. The highest BCUT2D eigenvalue weighted by atomic mass is 35.5. The van der Waals surface area contributed by atoms with E-state index >= 15 is 0 Å². The summed E-state index contributed by atoms with van der Waals surface area (Å²) < 4.78 is 0.754. The summed E-state index contributed by atoms with van der Waals surface area (Å²) in [5, 5.41) is 3.02. The summed E-state index contributed by atoms with van der Waals surface area (Å²) in [7, 11) is 0. The molecule has 118 valence electrons. The molecule has 1 aromatic carbocycles. The first-order valence-electron chi connectivity index (χ1n) is 7.42. The highest BCUT2D eigenvalue weighted by molar-refractivity contribution is 7.16. The number of amides is 2. The molecular weight excluding hydrogens is 316 g/mol. The molecule has 0 aliphatic carbocycles. The minimum Gasteiger partial charge on any atom is -0.337 e. The molecule has 2 rings (SSSR count). The number of hydrogen-bond acceptors (Lipinski definition) is 2. The van der Waals surface area contributed by atoms with Crippen LogP contribution in [-0.4, -0.2) is 24.0 Å². The lowest BCUT2D eigenvalue weighted by Gasteiger charge is -2.22. The number of hydrogen-bond donors (Lipinski definition) is 1. The standard InChI is InChI=1S/C17H21ClN2OS/c1-3-20(12-15-9-10-16(18)22-15)17(21)19-11-13(2)14-7-5-4-6-8-14/h4-10,13H,3,11-12H2,1-2H3,(H,19,21). The van der Waals surface area contributed by atoms with E-state index in [4.69, 9.17) is 11.6 Å². The Morgan fingerprint density at radius 1 is 1.27 bits per heavy atom. The zero-order valence-corrected chi connectivity index (χ0v) is 14.5. The number of halogens is 1. The van der Waals surface area contributed by atoms with E-state index in [1.165, 1.54) is 16.9 Å². The van der Waals surface area contributed by atoms with Crippen molar-refractivity contribution in [1.82, 2.24) is 10.2 Å². The van der Waals surface area contributed by atoms with Gasteiger partial charge in [-0.05, 0) is 30.5 Å². The van der Waals surface area contributed by atoms with E-state index in [-0.39, 0.29) is 6.03 Å². The Hall–Kier alpha value is -1.52. The van der Waals surface area contributed by atoms with Crippen LogP contribution in [0.4, 0.5) is 4.79 Å². The molecule has 1 unspecified atom stereocenters. The average Bonchev–Trinajstić information content (AvgIpc) is 2.96. The van der Waals surface area contributed by atoms with Gasteiger partial charge < -0.3 is 10.2 Å². The van der Waals surface area contributed by atoms with Gasteiger partial charge >= 0.3 is 6.03 Å². The number of nitrogens with zero attached hydrogens (tertiary/aromatic N) is 1. The Bertz CT molecular complexity index is 600. The number of benzene rings is 1. The lowest BCUT2D eigenvalue weighted by Crippen LogP contribution is -2.40. The van der Waals surface area contributed by atoms with Gasteiger partial charge in [-0.15, -0.1) is 11.3 Å². The van der Waals surface area contributed by atoms with E-state index < -0.39 is 0 Å². The van der Waals surface area contributed by atoms with Gasteiger partial charge in [-0.1, -0.05) is 48.9 Å². The maximum atomic E-state index is 12.3. The van der Waals surface area contributed by atoms with Gasteiger partial charge in [-0.2, -0.15) is 0 Å². The molecule has 2 aromatic rings. The van der Waals surface area contributed by atoms with Crippen molar-refractivity contribution < 1.29 is 4.79 Å². The van der Waals surface area contributed by atoms with Crippen LogP contribution in [0.1, 0.15) is 30.2 Å². The molecule has 0 saturated heterocycles. The predicted molar refractivity (Wildman–Crippen MR) is 93.7 cm³/mol. The molecule has 2 amide bonds. The van der Waals surface area contributed by atoms with Crippen LogP contribution in [0.15, 0.2) is 42.5 Å². The van der Waals surface area contributed by atoms with E-state index in [1.54, 1.807) is 4.90 Å². The summed E-state index contributed by atoms with van der Waals surface area (Å²) in [5.41, 5.74) is 1.23. The smallest absolute Gasteiger partial charge is 0.317 e. The molecule has 0 bridgehead atoms. The number of carbonyl (C=O) groups excluding carboxylic acids is 1. The predicted octanol–water partition coefficient (Wildman–Crippen LogP) is 4.74. The van der Waals surface area contributed by atoms with Gasteiger partial charge in [0.2, 0.25) is 0 Å². The first kappa shape index (κ1) is 16.8. The van der Waals surface area contributed by atoms with Gasteiger partial charge in [-0.3, -0.25) is 0 Å². The summed E-state index contributed by atoms with van der Waals surface area (Å²) in [6, 6.07) is 14.0. The summed E-state index contributed by atoms with van der Waals surface area (Å²) in [6.07, 6.45) is 0. The summed E-state index contributed by atoms with van der Waals surface area (Å²) >= 11 is 7.45. The van der Waals surface area contributed by atoms with Crippen LogP contribution in [0.3, 0.4) is 0 Å². The molecule has 0 aliphatic rings. The lowest BCUT2D eigenvalue weighted by molar-refractivity contribution is 0.198. The largest absolute Gasteiger partial charge is 0.337 e. The van der Waals surface area contributed by atoms with Crippen molar-refractivity contribution in [3.63, 3.8) is 0 Å². The van der Waals surface area contributed by atoms with Crippen molar-refractivity contribution in [3.8, 4) is 0 Å². The van der Waals surface area contributed by atoms with Crippen molar-refractivity contribution in [2.45, 2.75) is 26.3 Å². The number of thiophene rings is 1. The minimum atomic E-state index is -0.0326. The third-order valence-corrected chi connectivity index (χ3v) is 4.79. The van der Waals surface area contributed by atoms with Crippen LogP contribution in [0.25, 0.3) is 0 Å². The second kappa shape index (κ2) is 8.20. The Labute approximate surface area is 140 Å². The summed E-state index contributed by atoms with van der Waals surface area (Å²) in [6.45, 7) is 5.99. The maximum Gasteiger partial charge on any atom is 0.317 e. The van der Waals surface area contributed by atoms with E-state index in [0.29, 0.717) is 25.6 Å². The summed E-state index contributed by atoms with van der Waals surface area (Å²) in [5.74, 6) is 0.292. The second-order valence-corrected chi connectivity index (χ2v) is 7.02. The van der Waals surface area contributed by atoms with Gasteiger partial charge in [0.15, 0.2) is 0 Å². The number of urea groups is 1. The van der Waals surface area contributed by atoms with E-state index in [2.05, 4.69) is 24.4 Å². The van der Waals surface area contributed by atoms with Crippen LogP contribution in [0, 0.1) is 0 Å². The van der Waals surface area contributed by atoms with Gasteiger partial charge in [0.05, 0.1) is 10.9 Å². The van der Waals surface area contributed by atoms with Gasteiger partial charge in [0.25, 0.3) is 0 Å². The van der Waals surface area contributed by atoms with E-state index in [9.17, 15) is 4.79 Å². The molecule has 1 aromatic heterocycles. The van der Waals surface area contributed by atoms with Crippen molar-refractivity contribution >= 4 is 29.0 Å². The third kappa shape index (κ3) is 4.75. The molecule has 1 heterocycles. The van der Waals surface area contributed by atoms with E-state index in [1.807, 2.05) is 37.3 Å². The molecule has 5 heteroatoms. The maximum absolute atomic E-state index is 12.3. The molecule has 0 radical (unpaired) electrons. The topological polar surface area (TPSA) is 32.3 Å². The van der Waals surface area contributed by atoms with Crippen molar-refractivity contribution in [1.29, 1.82) is 0 Å². The SMILES string of the molecule is CCN(Cc1ccc(Cl)s1)C(=O)NCC(C)c1ccccc1. The van der Waals surface area contributed by atoms with Crippen LogP contribution < -0.4 is 5.32 Å². The van der Waals surface area contributed by atoms with Crippen LogP contribution >= 0.6 is 22.9 Å². The van der Waals surface area contributed by atoms with E-state index in [0.717, 1.165) is 9.21 Å². The molecule has 22 heavy (non-hydrogen) atoms. The zero-order chi connectivity index (χ0) is 15.9. The fourth-order valence-corrected chi connectivity index (χ4v) is 3.31. The van der Waals surface area contributed by atoms with Crippen molar-refractivity contribution in [2.75, 3.05) is 13.1 Å². The molecule has 0 aliphatic heterocycles. The Morgan fingerprint density at radius 2 is 2.00 bits per heavy atom. The average molecular weight is 337 g/mol. The fourth-order valence-electron chi connectivity index (χ4n) is 2.20. The Balaban J connectivity index is 1.87. The number of carbonyl (C=O) groups is 1. The number of rotatable bonds is 6. The van der Waals surface area contributed by atoms with Crippen LogP contribution in [0.2, 0.25) is 4.34 Å². The first-order chi connectivity index (χ1) is 10.6. The summed E-state index contributed by atoms with van der Waals surface area (Å²) in [4.78, 5) is 15.2. The first-order valence-corrected chi connectivity index (χ1v) is 8.61. The number of nitrogens with one attached hydrogen (secondary N) is 1. The monoisotopic (exact) mass is 336 g/mol. The molecule has 1 N–H and O–H groups in total. The lowest BCUT2D eigenvalue weighted by atomic mass is 10.0. The van der Waals surface area contributed by atoms with Crippen molar-refractivity contribution in [3.05, 3.63) is 57.2 Å². The van der Waals surface area contributed by atoms with Gasteiger partial charge in [0, 0.05) is 18.0 Å². The molecule has 3 nitrogen and oxygen atoms in total. The van der Waals surface area contributed by atoms with Crippen LogP contribution in [0.5, 0.6) is 0 Å². The zero-order valence-electron chi connectivity index (χ0n) is 12.9.